The molecule has 116 valence electrons. The van der Waals surface area contributed by atoms with Gasteiger partial charge in [-0.3, -0.25) is 4.68 Å². The van der Waals surface area contributed by atoms with Crippen molar-refractivity contribution in [3.63, 3.8) is 0 Å². The predicted molar refractivity (Wildman–Crippen MR) is 80.0 cm³/mol. The highest BCUT2D eigenvalue weighted by Gasteiger charge is 2.23. The van der Waals surface area contributed by atoms with E-state index in [0.717, 1.165) is 5.56 Å². The first kappa shape index (κ1) is 15.6. The lowest BCUT2D eigenvalue weighted by molar-refractivity contribution is -0.132. The number of nitrogens with zero attached hydrogens (tertiary/aromatic N) is 3. The molecule has 0 aliphatic rings. The van der Waals surface area contributed by atoms with Gasteiger partial charge in [-0.05, 0) is 18.6 Å². The van der Waals surface area contributed by atoms with Gasteiger partial charge < -0.3 is 14.3 Å². The smallest absolute Gasteiger partial charge is 0.360 e. The summed E-state index contributed by atoms with van der Waals surface area (Å²) in [6.45, 7) is 1.85. The van der Waals surface area contributed by atoms with Crippen molar-refractivity contribution in [2.75, 3.05) is 14.2 Å². The van der Waals surface area contributed by atoms with Gasteiger partial charge in [-0.1, -0.05) is 17.3 Å². The first-order chi connectivity index (χ1) is 10.6. The van der Waals surface area contributed by atoms with Crippen molar-refractivity contribution in [3.05, 3.63) is 41.7 Å². The summed E-state index contributed by atoms with van der Waals surface area (Å²) in [5, 5.41) is 7.82. The summed E-state index contributed by atoms with van der Waals surface area (Å²) in [5.41, 5.74) is 1.37. The third-order valence-corrected chi connectivity index (χ3v) is 2.94. The quantitative estimate of drug-likeness (QED) is 0.480. The van der Waals surface area contributed by atoms with Gasteiger partial charge in [0.2, 0.25) is 0 Å². The van der Waals surface area contributed by atoms with Crippen molar-refractivity contribution < 1.29 is 19.1 Å². The number of methoxy groups -OCH3 is 1. The van der Waals surface area contributed by atoms with E-state index in [0.29, 0.717) is 17.1 Å². The van der Waals surface area contributed by atoms with Crippen molar-refractivity contribution in [1.29, 1.82) is 0 Å². The molecule has 0 saturated carbocycles. The number of aryl methyl sites for hydroxylation is 2. The minimum Gasteiger partial charge on any atom is -0.464 e. The Kier molecular flexibility index (Phi) is 4.77. The average molecular weight is 303 g/mol. The second-order valence-corrected chi connectivity index (χ2v) is 4.51. The van der Waals surface area contributed by atoms with Gasteiger partial charge in [0, 0.05) is 7.05 Å². The van der Waals surface area contributed by atoms with Crippen LogP contribution in [0.5, 0.6) is 11.5 Å². The van der Waals surface area contributed by atoms with Crippen LogP contribution < -0.4 is 4.74 Å². The van der Waals surface area contributed by atoms with Crippen LogP contribution in [-0.4, -0.2) is 35.7 Å². The van der Waals surface area contributed by atoms with Gasteiger partial charge in [0.15, 0.2) is 11.5 Å². The number of aromatic nitrogens is 2. The molecule has 0 unspecified atom stereocenters. The van der Waals surface area contributed by atoms with Crippen LogP contribution in [0.2, 0.25) is 0 Å². The largest absolute Gasteiger partial charge is 0.464 e. The number of carbonyl (C=O) groups excluding carboxylic acids is 1. The molecule has 22 heavy (non-hydrogen) atoms. The first-order valence-electron chi connectivity index (χ1n) is 6.52. The van der Waals surface area contributed by atoms with Crippen LogP contribution in [0.25, 0.3) is 0 Å². The molecule has 0 aliphatic heterocycles. The molecule has 0 atom stereocenters. The number of hydrogen-bond acceptors (Lipinski definition) is 6. The molecule has 1 aromatic heterocycles. The molecule has 2 rings (SSSR count). The van der Waals surface area contributed by atoms with Gasteiger partial charge in [0.05, 0.1) is 25.1 Å². The van der Waals surface area contributed by atoms with E-state index in [-0.39, 0.29) is 5.71 Å². The van der Waals surface area contributed by atoms with Crippen LogP contribution >= 0.6 is 0 Å². The van der Waals surface area contributed by atoms with Gasteiger partial charge in [-0.15, -0.1) is 0 Å². The molecule has 1 heterocycles. The van der Waals surface area contributed by atoms with Crippen LogP contribution in [0.15, 0.2) is 35.7 Å². The average Bonchev–Trinajstić information content (AvgIpc) is 2.90. The molecule has 1 aromatic carbocycles. The Hall–Kier alpha value is -2.83. The van der Waals surface area contributed by atoms with Gasteiger partial charge in [0.25, 0.3) is 0 Å². The number of benzene rings is 1. The van der Waals surface area contributed by atoms with Crippen molar-refractivity contribution >= 4 is 11.7 Å². The van der Waals surface area contributed by atoms with Crippen LogP contribution in [0.1, 0.15) is 11.1 Å². The van der Waals surface area contributed by atoms with E-state index in [2.05, 4.69) is 10.3 Å². The van der Waals surface area contributed by atoms with E-state index in [4.69, 9.17) is 14.3 Å². The van der Waals surface area contributed by atoms with Crippen molar-refractivity contribution in [2.45, 2.75) is 6.92 Å². The zero-order chi connectivity index (χ0) is 16.1. The number of hydrogen-bond donors (Lipinski definition) is 0. The summed E-state index contributed by atoms with van der Waals surface area (Å²) in [5.74, 6) is 0.414. The molecule has 0 amide bonds. The number of rotatable bonds is 5. The van der Waals surface area contributed by atoms with E-state index in [1.165, 1.54) is 14.2 Å². The maximum Gasteiger partial charge on any atom is 0.360 e. The van der Waals surface area contributed by atoms with E-state index >= 15 is 0 Å². The number of carbonyl (C=O) groups is 1. The zero-order valence-electron chi connectivity index (χ0n) is 12.9. The van der Waals surface area contributed by atoms with Crippen molar-refractivity contribution in [1.82, 2.24) is 9.78 Å². The summed E-state index contributed by atoms with van der Waals surface area (Å²) in [7, 11) is 4.44. The van der Waals surface area contributed by atoms with E-state index in [1.807, 2.05) is 19.1 Å². The van der Waals surface area contributed by atoms with Crippen LogP contribution in [0.3, 0.4) is 0 Å². The SMILES string of the molecule is CO/N=C(/C(=O)OC)c1c(C)cccc1Oc1cnn(C)c1. The summed E-state index contributed by atoms with van der Waals surface area (Å²) in [6.07, 6.45) is 3.30. The van der Waals surface area contributed by atoms with E-state index < -0.39 is 5.97 Å². The zero-order valence-corrected chi connectivity index (χ0v) is 12.9. The summed E-state index contributed by atoms with van der Waals surface area (Å²) in [6, 6.07) is 5.41. The molecule has 0 spiro atoms. The Balaban J connectivity index is 2.49. The first-order valence-corrected chi connectivity index (χ1v) is 6.52. The second-order valence-electron chi connectivity index (χ2n) is 4.51. The van der Waals surface area contributed by atoms with Crippen molar-refractivity contribution in [2.24, 2.45) is 12.2 Å². The highest BCUT2D eigenvalue weighted by Crippen LogP contribution is 2.28. The molecule has 0 saturated heterocycles. The standard InChI is InChI=1S/C15H17N3O4/c1-10-6-5-7-12(22-11-8-16-18(2)9-11)13(10)14(17-21-4)15(19)20-3/h5-9H,1-4H3/b17-14+. The lowest BCUT2D eigenvalue weighted by atomic mass is 10.0. The van der Waals surface area contributed by atoms with Crippen LogP contribution in [0.4, 0.5) is 0 Å². The Labute approximate surface area is 128 Å². The molecule has 0 fully saturated rings. The molecule has 2 aromatic rings. The van der Waals surface area contributed by atoms with Crippen LogP contribution in [-0.2, 0) is 21.4 Å². The lowest BCUT2D eigenvalue weighted by Gasteiger charge is -2.13. The summed E-state index contributed by atoms with van der Waals surface area (Å²) in [4.78, 5) is 16.7. The summed E-state index contributed by atoms with van der Waals surface area (Å²) < 4.78 is 12.2. The van der Waals surface area contributed by atoms with Gasteiger partial charge >= 0.3 is 5.97 Å². The normalized spacial score (nSPS) is 11.2. The second kappa shape index (κ2) is 6.75. The Bertz CT molecular complexity index is 707. The Morgan fingerprint density at radius 3 is 2.68 bits per heavy atom. The van der Waals surface area contributed by atoms with E-state index in [1.54, 1.807) is 30.2 Å². The molecular weight excluding hydrogens is 286 g/mol. The fourth-order valence-corrected chi connectivity index (χ4v) is 1.98. The molecule has 0 radical (unpaired) electrons. The van der Waals surface area contributed by atoms with Gasteiger partial charge in [-0.25, -0.2) is 4.79 Å². The molecular formula is C15H17N3O4. The Morgan fingerprint density at radius 1 is 1.32 bits per heavy atom. The molecule has 0 aliphatic carbocycles. The molecule has 0 bridgehead atoms. The topological polar surface area (TPSA) is 74.9 Å². The van der Waals surface area contributed by atoms with E-state index in [9.17, 15) is 4.79 Å². The third kappa shape index (κ3) is 3.25. The molecule has 0 N–H and O–H groups in total. The Morgan fingerprint density at radius 2 is 2.09 bits per heavy atom. The third-order valence-electron chi connectivity index (χ3n) is 2.94. The monoisotopic (exact) mass is 303 g/mol. The fraction of sp³-hybridized carbons (Fsp3) is 0.267. The minimum atomic E-state index is -0.604. The van der Waals surface area contributed by atoms with Gasteiger partial charge in [-0.2, -0.15) is 5.10 Å². The maximum absolute atomic E-state index is 12.0. The molecule has 7 nitrogen and oxygen atoms in total. The van der Waals surface area contributed by atoms with Gasteiger partial charge in [0.1, 0.15) is 12.9 Å². The lowest BCUT2D eigenvalue weighted by Crippen LogP contribution is -2.19. The van der Waals surface area contributed by atoms with Crippen LogP contribution in [0, 0.1) is 6.92 Å². The van der Waals surface area contributed by atoms with Crippen molar-refractivity contribution in [3.8, 4) is 11.5 Å². The summed E-state index contributed by atoms with van der Waals surface area (Å²) >= 11 is 0. The fourth-order valence-electron chi connectivity index (χ4n) is 1.98. The highest BCUT2D eigenvalue weighted by molar-refractivity contribution is 6.44. The minimum absolute atomic E-state index is 0.0435. The predicted octanol–water partition coefficient (Wildman–Crippen LogP) is 2.04. The highest BCUT2D eigenvalue weighted by atomic mass is 16.6. The number of oxime groups is 1. The number of esters is 1. The molecule has 7 heteroatoms. The number of ether oxygens (including phenoxy) is 2. The maximum atomic E-state index is 12.0.